The summed E-state index contributed by atoms with van der Waals surface area (Å²) in [5, 5.41) is -9.15. The zero-order valence-corrected chi connectivity index (χ0v) is 47.3. The van der Waals surface area contributed by atoms with Crippen molar-refractivity contribution < 1.29 is 56.2 Å². The third-order valence-corrected chi connectivity index (χ3v) is 24.1. The second-order valence-electron chi connectivity index (χ2n) is 19.9. The van der Waals surface area contributed by atoms with Crippen LogP contribution in [0, 0.1) is 0 Å². The molecule has 0 bridgehead atoms. The van der Waals surface area contributed by atoms with Crippen LogP contribution in [0.3, 0.4) is 0 Å². The number of aromatic nitrogens is 6. The molecular weight excluding hydrogens is 1110 g/mol. The fourth-order valence-electron chi connectivity index (χ4n) is 11.8. The van der Waals surface area contributed by atoms with E-state index in [1.165, 1.54) is 0 Å². The molecule has 0 radical (unpaired) electrons. The lowest BCUT2D eigenvalue weighted by Gasteiger charge is -2.35. The van der Waals surface area contributed by atoms with Crippen LogP contribution in [0.2, 0.25) is 0 Å². The molecule has 0 N–H and O–H groups in total. The summed E-state index contributed by atoms with van der Waals surface area (Å²) in [5.74, 6) is -3.97. The lowest BCUT2D eigenvalue weighted by Crippen LogP contribution is -2.74. The van der Waals surface area contributed by atoms with E-state index in [1.807, 2.05) is 0 Å². The van der Waals surface area contributed by atoms with Gasteiger partial charge in [0.1, 0.15) is 0 Å². The summed E-state index contributed by atoms with van der Waals surface area (Å²) >= 11 is 0. The molecule has 17 rings (SSSR count). The Morgan fingerprint density at radius 2 is 0.562 bits per heavy atom. The number of fused-ring (bicyclic) bond motifs is 9. The molecule has 4 aromatic heterocycles. The molecule has 0 atom stereocenters. The van der Waals surface area contributed by atoms with E-state index in [-0.39, 0.29) is 5.19 Å². The topological polar surface area (TPSA) is 53.5 Å². The number of nitrogens with zero attached hydrogens (tertiary/aromatic N) is 6. The summed E-state index contributed by atoms with van der Waals surface area (Å²) in [6.07, 6.45) is 0. The minimum atomic E-state index is -7.12. The van der Waals surface area contributed by atoms with Crippen molar-refractivity contribution >= 4 is 123 Å². The van der Waals surface area contributed by atoms with Crippen LogP contribution in [0.15, 0.2) is 339 Å². The summed E-state index contributed by atoms with van der Waals surface area (Å²) < 4.78 is 404. The predicted molar refractivity (Wildman–Crippen MR) is 376 cm³/mol. The minimum absolute atomic E-state index is 0.267. The van der Waals surface area contributed by atoms with E-state index in [2.05, 4.69) is 0 Å². The third kappa shape index (κ3) is 8.11. The van der Waals surface area contributed by atoms with E-state index in [0.29, 0.717) is 24.7 Å². The average molecular weight is 1210 g/mol. The number of hydrogen-bond donors (Lipinski definition) is 0. The lowest BCUT2D eigenvalue weighted by atomic mass is 10.1. The van der Waals surface area contributed by atoms with Crippen LogP contribution in [0.4, 0.5) is 0 Å². The van der Waals surface area contributed by atoms with Gasteiger partial charge < -0.3 is 4.57 Å². The molecule has 0 aliphatic heterocycles. The Morgan fingerprint density at radius 1 is 0.247 bits per heavy atom. The van der Waals surface area contributed by atoms with Gasteiger partial charge in [-0.1, -0.05) is 290 Å². The van der Waals surface area contributed by atoms with Gasteiger partial charge in [-0.2, -0.15) is 15.0 Å². The van der Waals surface area contributed by atoms with E-state index in [4.69, 9.17) is 24.5 Å². The first-order chi connectivity index (χ1) is 61.2. The van der Waals surface area contributed by atoms with Crippen molar-refractivity contribution in [2.75, 3.05) is 0 Å². The van der Waals surface area contributed by atoms with Gasteiger partial charge in [0.25, 0.3) is 0 Å². The Balaban J connectivity index is 1.25. The van der Waals surface area contributed by atoms with Crippen molar-refractivity contribution in [2.24, 2.45) is 0 Å². The monoisotopic (exact) mass is 1210 g/mol. The second kappa shape index (κ2) is 21.3. The molecule has 4 heterocycles. The normalized spacial score (nSPS) is 18.5. The second-order valence-corrected chi connectivity index (χ2v) is 27.2. The van der Waals surface area contributed by atoms with Gasteiger partial charge >= 0.3 is 0 Å². The van der Waals surface area contributed by atoms with Gasteiger partial charge in [-0.05, 0) is 89.8 Å². The molecule has 0 unspecified atom stereocenters. The van der Waals surface area contributed by atoms with Crippen LogP contribution >= 0.6 is 0 Å². The van der Waals surface area contributed by atoms with E-state index in [9.17, 15) is 46.6 Å². The number of rotatable bonds is 12. The molecule has 13 aromatic carbocycles. The molecule has 0 saturated heterocycles. The van der Waals surface area contributed by atoms with Gasteiger partial charge in [0.2, 0.25) is 11.9 Å². The Labute approximate surface area is 574 Å². The number of hydrogen-bond acceptors (Lipinski definition) is 3. The zero-order valence-electron chi connectivity index (χ0n) is 86.3. The quantitative estimate of drug-likeness (QED) is 0.0905. The highest BCUT2D eigenvalue weighted by Gasteiger charge is 2.44. The van der Waals surface area contributed by atoms with Crippen LogP contribution in [-0.2, 0) is 0 Å². The third-order valence-electron chi connectivity index (χ3n) is 15.5. The molecule has 0 aliphatic carbocycles. The Hall–Kier alpha value is -11.3. The van der Waals surface area contributed by atoms with Gasteiger partial charge in [-0.3, -0.25) is 9.13 Å². The van der Waals surface area contributed by atoms with Gasteiger partial charge in [0.05, 0.1) is 95.0 Å². The van der Waals surface area contributed by atoms with E-state index >= 15 is 0 Å². The Kier molecular flexibility index (Phi) is 6.03. The fourth-order valence-corrected chi connectivity index (χ4v) is 19.9. The number of para-hydroxylation sites is 5. The smallest absolute Gasteiger partial charge is 0.240 e. The van der Waals surface area contributed by atoms with Gasteiger partial charge in [0.15, 0.2) is 22.0 Å². The maximum Gasteiger partial charge on any atom is 0.240 e. The van der Waals surface area contributed by atoms with Crippen LogP contribution in [0.25, 0.3) is 94.4 Å². The maximum absolute atomic E-state index is 11.8. The van der Waals surface area contributed by atoms with Crippen molar-refractivity contribution in [3.63, 3.8) is 0 Å². The highest BCUT2D eigenvalue weighted by atomic mass is 28.3. The lowest BCUT2D eigenvalue weighted by molar-refractivity contribution is 0.892. The summed E-state index contributed by atoms with van der Waals surface area (Å²) in [7, 11) is -11.6. The molecule has 0 aliphatic rings. The Bertz CT molecular complexity index is 7560. The molecule has 418 valence electrons. The summed E-state index contributed by atoms with van der Waals surface area (Å²) in [6.45, 7) is 0. The summed E-state index contributed by atoms with van der Waals surface area (Å²) in [5.41, 5.74) is -8.11. The van der Waals surface area contributed by atoms with Crippen LogP contribution < -0.4 is 41.5 Å². The van der Waals surface area contributed by atoms with Crippen LogP contribution in [0.1, 0.15) is 56.2 Å². The molecule has 0 spiro atoms. The predicted octanol–water partition coefficient (Wildman–Crippen LogP) is 13.6. The van der Waals surface area contributed by atoms with E-state index in [1.54, 1.807) is 91.0 Å². The van der Waals surface area contributed by atoms with Crippen molar-refractivity contribution in [2.45, 2.75) is 0 Å². The van der Waals surface area contributed by atoms with Crippen LogP contribution in [0.5, 0.6) is 0 Å². The first kappa shape index (κ1) is 25.2. The molecule has 0 fully saturated rings. The van der Waals surface area contributed by atoms with Gasteiger partial charge in [-0.15, -0.1) is 0 Å². The number of benzene rings is 13. The molecule has 17 aromatic rings. The van der Waals surface area contributed by atoms with Crippen molar-refractivity contribution in [3.8, 4) is 29.0 Å². The van der Waals surface area contributed by atoms with Gasteiger partial charge in [0, 0.05) is 37.9 Å². The van der Waals surface area contributed by atoms with Crippen molar-refractivity contribution in [3.05, 3.63) is 339 Å². The largest absolute Gasteiger partial charge is 0.309 e. The van der Waals surface area contributed by atoms with Gasteiger partial charge in [-0.25, -0.2) is 0 Å². The Morgan fingerprint density at radius 3 is 0.966 bits per heavy atom. The summed E-state index contributed by atoms with van der Waals surface area (Å²) in [4.78, 5) is 15.0. The highest BCUT2D eigenvalue weighted by molar-refractivity contribution is 7.20. The minimum Gasteiger partial charge on any atom is -0.309 e. The first-order valence-corrected chi connectivity index (χ1v) is 31.1. The zero-order chi connectivity index (χ0) is 94.6. The van der Waals surface area contributed by atoms with Crippen molar-refractivity contribution in [1.82, 2.24) is 28.7 Å². The van der Waals surface area contributed by atoms with Crippen molar-refractivity contribution in [1.29, 1.82) is 0 Å². The molecule has 6 nitrogen and oxygen atoms in total. The standard InChI is InChI=1S/C81H56N6Si2/c1-7-29-57(30-8-1)88(58-31-9-2-10-32-58,59-33-11-3-12-34-59)63-52-54-77(85-72-46-24-19-41-65(72)66-42-20-25-47-73(66)85)71(55-63)79-82-80(86-74-48-26-21-43-67(74)68-44-22-27-49-75(68)86)84-81(83-79)87-76-50-28-23-45-69(76)70-53-51-64(56-78(70)87)89(60-35-13-4-14-36-60,61-37-15-5-16-38-61)62-39-17-6-18-40-62/h1-56H/i1D,2D,3D,7D,8D,9D,10D,11D,12D,19D,20D,21D,22D,23D,24D,25D,26D,27D,28D,29D,30D,31D,32D,33D,34D,41D,42D,43D,44D,45D,46D,47D,48D,49D,50D,51D,52D,53D,54D,55D,56D. The molecular formula is C81H56N6Si2. The summed E-state index contributed by atoms with van der Waals surface area (Å²) in [6, 6.07) is -24.9. The van der Waals surface area contributed by atoms with E-state index in [0.717, 1.165) is 4.57 Å². The highest BCUT2D eigenvalue weighted by Crippen LogP contribution is 2.39. The molecule has 8 heteroatoms. The van der Waals surface area contributed by atoms with Crippen LogP contribution in [-0.4, -0.2) is 44.8 Å². The molecule has 0 amide bonds. The van der Waals surface area contributed by atoms with E-state index < -0.39 is 379 Å². The molecule has 89 heavy (non-hydrogen) atoms. The SMILES string of the molecule is [2H]c1c([2H])c([2H])c([Si](c2c([2H])c([2H])c([2H])c([2H])c2[2H])(c2c([2H])c([2H])c([2H])c([2H])c2[2H])c2c([2H])c([2H])c(-n3c4c([2H])c([2H])c([2H])c([2H])c4c4c([2H])c([2H])c([2H])c([2H])c43)c(-c3nc(-n4c5c([2H])c([2H])c([2H])c([2H])c5c5c([2H])c([2H])c([2H])c([2H])c54)nc(-n4c5c([2H])c([2H])c([2H])c([2H])c5c5c([2H])c([2H])c([Si](c6ccccc6)(c6ccccc6)c6ccccc6)c([2H])c54)n3)c2[2H])c([2H])c1[2H]. The maximum atomic E-state index is 11.8. The fraction of sp³-hybridized carbons (Fsp3) is 0. The first-order valence-electron chi connectivity index (χ1n) is 47.6. The molecule has 0 saturated carbocycles. The average Bonchev–Trinajstić information content (AvgIpc) is 1.62.